The van der Waals surface area contributed by atoms with Gasteiger partial charge in [-0.05, 0) is 79.8 Å². The molecule has 3 aromatic rings. The predicted octanol–water partition coefficient (Wildman–Crippen LogP) is 5.52. The number of piperidine rings is 1. The highest BCUT2D eigenvalue weighted by molar-refractivity contribution is 6.46. The van der Waals surface area contributed by atoms with Gasteiger partial charge in [-0.15, -0.1) is 0 Å². The number of halogens is 1. The van der Waals surface area contributed by atoms with E-state index in [2.05, 4.69) is 10.2 Å². The van der Waals surface area contributed by atoms with Crippen molar-refractivity contribution < 1.29 is 14.0 Å². The number of hydrogen-bond donors (Lipinski definition) is 1. The summed E-state index contributed by atoms with van der Waals surface area (Å²) in [5.74, 6) is -1.27. The summed E-state index contributed by atoms with van der Waals surface area (Å²) in [5, 5.41) is 3.19. The molecule has 3 aromatic carbocycles. The highest BCUT2D eigenvalue weighted by Crippen LogP contribution is 2.35. The number of carbonyl (C=O) groups is 2. The van der Waals surface area contributed by atoms with Gasteiger partial charge in [-0.3, -0.25) is 9.59 Å². The monoisotopic (exact) mass is 455 g/mol. The Hall–Kier alpha value is -3.93. The van der Waals surface area contributed by atoms with Gasteiger partial charge in [0.15, 0.2) is 0 Å². The van der Waals surface area contributed by atoms with Gasteiger partial charge in [0.05, 0.1) is 11.3 Å². The number of carbonyl (C=O) groups excluding carboxylic acids is 2. The van der Waals surface area contributed by atoms with Crippen LogP contribution >= 0.6 is 0 Å². The van der Waals surface area contributed by atoms with E-state index in [-0.39, 0.29) is 11.3 Å². The van der Waals surface area contributed by atoms with Crippen molar-refractivity contribution in [1.82, 2.24) is 0 Å². The number of nitrogens with zero attached hydrogens (tertiary/aromatic N) is 2. The van der Waals surface area contributed by atoms with Crippen LogP contribution in [0.15, 0.2) is 78.5 Å². The second-order valence-electron chi connectivity index (χ2n) is 8.71. The minimum atomic E-state index is -0.432. The van der Waals surface area contributed by atoms with Gasteiger partial charge < -0.3 is 10.2 Å². The predicted molar refractivity (Wildman–Crippen MR) is 133 cm³/mol. The van der Waals surface area contributed by atoms with Crippen molar-refractivity contribution >= 4 is 34.4 Å². The number of rotatable bonds is 5. The third-order valence-electron chi connectivity index (χ3n) is 6.43. The van der Waals surface area contributed by atoms with E-state index in [1.165, 1.54) is 48.4 Å². The molecule has 6 heteroatoms. The van der Waals surface area contributed by atoms with Crippen LogP contribution in [-0.2, 0) is 9.59 Å². The average Bonchev–Trinajstić information content (AvgIpc) is 3.10. The second-order valence-corrected chi connectivity index (χ2v) is 8.71. The zero-order valence-electron chi connectivity index (χ0n) is 19.1. The van der Waals surface area contributed by atoms with Crippen molar-refractivity contribution in [2.75, 3.05) is 28.2 Å². The number of amides is 2. The van der Waals surface area contributed by atoms with E-state index < -0.39 is 17.6 Å². The van der Waals surface area contributed by atoms with Gasteiger partial charge in [0.1, 0.15) is 11.5 Å². The Morgan fingerprint density at radius 1 is 0.794 bits per heavy atom. The van der Waals surface area contributed by atoms with Crippen molar-refractivity contribution in [3.63, 3.8) is 0 Å². The van der Waals surface area contributed by atoms with Crippen LogP contribution in [0.25, 0.3) is 5.57 Å². The van der Waals surface area contributed by atoms with Crippen molar-refractivity contribution in [3.05, 3.63) is 95.4 Å². The highest BCUT2D eigenvalue weighted by Gasteiger charge is 2.40. The molecule has 0 spiro atoms. The Labute approximate surface area is 198 Å². The van der Waals surface area contributed by atoms with E-state index in [4.69, 9.17) is 0 Å². The van der Waals surface area contributed by atoms with Crippen LogP contribution in [0.2, 0.25) is 0 Å². The van der Waals surface area contributed by atoms with Crippen LogP contribution < -0.4 is 15.1 Å². The van der Waals surface area contributed by atoms with E-state index >= 15 is 0 Å². The van der Waals surface area contributed by atoms with Gasteiger partial charge in [0, 0.05) is 24.5 Å². The van der Waals surface area contributed by atoms with Crippen LogP contribution in [0, 0.1) is 12.7 Å². The molecule has 34 heavy (non-hydrogen) atoms. The van der Waals surface area contributed by atoms with Gasteiger partial charge in [-0.1, -0.05) is 30.3 Å². The molecule has 2 amide bonds. The first kappa shape index (κ1) is 21.9. The summed E-state index contributed by atoms with van der Waals surface area (Å²) in [6.07, 6.45) is 3.66. The first-order valence-corrected chi connectivity index (χ1v) is 11.6. The van der Waals surface area contributed by atoms with Crippen LogP contribution in [0.5, 0.6) is 0 Å². The summed E-state index contributed by atoms with van der Waals surface area (Å²) in [6.45, 7) is 3.95. The maximum Gasteiger partial charge on any atom is 0.282 e. The van der Waals surface area contributed by atoms with Gasteiger partial charge >= 0.3 is 0 Å². The minimum absolute atomic E-state index is 0.186. The van der Waals surface area contributed by atoms with Crippen molar-refractivity contribution in [1.29, 1.82) is 0 Å². The van der Waals surface area contributed by atoms with Gasteiger partial charge in [0.2, 0.25) is 0 Å². The zero-order chi connectivity index (χ0) is 23.7. The average molecular weight is 456 g/mol. The fraction of sp³-hybridized carbons (Fsp3) is 0.214. The lowest BCUT2D eigenvalue weighted by Gasteiger charge is -2.28. The summed E-state index contributed by atoms with van der Waals surface area (Å²) in [6, 6.07) is 20.8. The Morgan fingerprint density at radius 2 is 1.47 bits per heavy atom. The molecule has 5 rings (SSSR count). The standard InChI is InChI=1S/C28H26FN3O2/c1-19-7-3-4-8-24(19)32-27(33)25(20-9-11-21(29)12-10-20)26(28(32)34)30-22-13-15-23(16-14-22)31-17-5-2-6-18-31/h3-4,7-16,30H,2,5-6,17-18H2,1H3. The van der Waals surface area contributed by atoms with Gasteiger partial charge in [-0.2, -0.15) is 0 Å². The zero-order valence-corrected chi connectivity index (χ0v) is 19.1. The molecule has 0 aliphatic carbocycles. The number of para-hydroxylation sites is 1. The van der Waals surface area contributed by atoms with E-state index in [0.717, 1.165) is 24.3 Å². The lowest BCUT2D eigenvalue weighted by atomic mass is 10.0. The molecule has 0 saturated carbocycles. The maximum atomic E-state index is 13.6. The number of benzene rings is 3. The molecular weight excluding hydrogens is 429 g/mol. The largest absolute Gasteiger partial charge is 0.372 e. The molecule has 2 aliphatic rings. The quantitative estimate of drug-likeness (QED) is 0.515. The molecule has 1 fully saturated rings. The maximum absolute atomic E-state index is 13.6. The molecule has 2 aliphatic heterocycles. The van der Waals surface area contributed by atoms with E-state index in [9.17, 15) is 14.0 Å². The highest BCUT2D eigenvalue weighted by atomic mass is 19.1. The number of anilines is 3. The Kier molecular flexibility index (Phi) is 5.88. The number of aryl methyl sites for hydroxylation is 1. The van der Waals surface area contributed by atoms with Crippen molar-refractivity contribution in [2.45, 2.75) is 26.2 Å². The third kappa shape index (κ3) is 4.07. The molecule has 0 aromatic heterocycles. The first-order valence-electron chi connectivity index (χ1n) is 11.6. The summed E-state index contributed by atoms with van der Waals surface area (Å²) in [5.41, 5.74) is 4.11. The number of nitrogens with one attached hydrogen (secondary N) is 1. The number of imide groups is 1. The van der Waals surface area contributed by atoms with Gasteiger partial charge in [0.25, 0.3) is 11.8 Å². The van der Waals surface area contributed by atoms with Gasteiger partial charge in [-0.25, -0.2) is 9.29 Å². The van der Waals surface area contributed by atoms with Crippen LogP contribution in [-0.4, -0.2) is 24.9 Å². The van der Waals surface area contributed by atoms with Crippen molar-refractivity contribution in [2.24, 2.45) is 0 Å². The SMILES string of the molecule is Cc1ccccc1N1C(=O)C(Nc2ccc(N3CCCCC3)cc2)=C(c2ccc(F)cc2)C1=O. The van der Waals surface area contributed by atoms with Crippen LogP contribution in [0.3, 0.4) is 0 Å². The third-order valence-corrected chi connectivity index (χ3v) is 6.43. The molecular formula is C28H26FN3O2. The Bertz CT molecular complexity index is 1260. The second kappa shape index (κ2) is 9.14. The van der Waals surface area contributed by atoms with Crippen molar-refractivity contribution in [3.8, 4) is 0 Å². The molecule has 5 nitrogen and oxygen atoms in total. The van der Waals surface area contributed by atoms with Crippen LogP contribution in [0.1, 0.15) is 30.4 Å². The molecule has 1 saturated heterocycles. The van der Waals surface area contributed by atoms with E-state index in [1.807, 2.05) is 43.3 Å². The fourth-order valence-corrected chi connectivity index (χ4v) is 4.62. The lowest BCUT2D eigenvalue weighted by molar-refractivity contribution is -0.120. The first-order chi connectivity index (χ1) is 16.5. The fourth-order valence-electron chi connectivity index (χ4n) is 4.62. The summed E-state index contributed by atoms with van der Waals surface area (Å²) in [4.78, 5) is 30.6. The molecule has 0 bridgehead atoms. The molecule has 0 unspecified atom stereocenters. The minimum Gasteiger partial charge on any atom is -0.372 e. The Balaban J connectivity index is 1.51. The Morgan fingerprint density at radius 3 is 2.15 bits per heavy atom. The van der Waals surface area contributed by atoms with Crippen LogP contribution in [0.4, 0.5) is 21.5 Å². The summed E-state index contributed by atoms with van der Waals surface area (Å²) >= 11 is 0. The molecule has 0 atom stereocenters. The van der Waals surface area contributed by atoms with E-state index in [0.29, 0.717) is 16.9 Å². The summed E-state index contributed by atoms with van der Waals surface area (Å²) in [7, 11) is 0. The normalized spacial score (nSPS) is 16.4. The summed E-state index contributed by atoms with van der Waals surface area (Å²) < 4.78 is 13.6. The molecule has 172 valence electrons. The number of hydrogen-bond acceptors (Lipinski definition) is 4. The van der Waals surface area contributed by atoms with E-state index in [1.54, 1.807) is 12.1 Å². The molecule has 1 N–H and O–H groups in total. The topological polar surface area (TPSA) is 52.7 Å². The smallest absolute Gasteiger partial charge is 0.282 e. The molecule has 2 heterocycles. The lowest BCUT2D eigenvalue weighted by Crippen LogP contribution is -2.33. The molecule has 0 radical (unpaired) electrons.